The van der Waals surface area contributed by atoms with Crippen LogP contribution in [-0.2, 0) is 6.54 Å². The number of para-hydroxylation sites is 1. The largest absolute Gasteiger partial charge is 0.287 e. The lowest BCUT2D eigenvalue weighted by Crippen LogP contribution is -2.18. The van der Waals surface area contributed by atoms with Gasteiger partial charge < -0.3 is 0 Å². The zero-order chi connectivity index (χ0) is 19.8. The molecule has 6 heteroatoms. The van der Waals surface area contributed by atoms with Crippen LogP contribution in [0.25, 0.3) is 22.2 Å². The molecule has 1 aromatic heterocycles. The highest BCUT2D eigenvalue weighted by atomic mass is 19.1. The summed E-state index contributed by atoms with van der Waals surface area (Å²) in [6.07, 6.45) is 0. The molecule has 0 amide bonds. The topological polar surface area (TPSA) is 34.9 Å². The fourth-order valence-electron chi connectivity index (χ4n) is 3.16. The standard InChI is InChI=1S/C22H15F3N2O/c1-13-6-9-16(19(25)10-13)21-22(28)17-4-2-3-5-20(17)27(26-21)12-14-7-8-15(23)11-18(14)24/h2-11H,12H2,1H3. The predicted molar refractivity (Wildman–Crippen MR) is 102 cm³/mol. The number of fused-ring (bicyclic) bond motifs is 1. The van der Waals surface area contributed by atoms with Crippen molar-refractivity contribution in [2.75, 3.05) is 0 Å². The first-order valence-electron chi connectivity index (χ1n) is 8.64. The van der Waals surface area contributed by atoms with Crippen LogP contribution in [0.1, 0.15) is 11.1 Å². The molecular weight excluding hydrogens is 365 g/mol. The van der Waals surface area contributed by atoms with Gasteiger partial charge in [0.2, 0.25) is 5.43 Å². The minimum Gasteiger partial charge on any atom is -0.287 e. The van der Waals surface area contributed by atoms with Crippen LogP contribution in [0.15, 0.2) is 65.5 Å². The van der Waals surface area contributed by atoms with Gasteiger partial charge in [-0.05, 0) is 42.8 Å². The smallest absolute Gasteiger partial charge is 0.216 e. The van der Waals surface area contributed by atoms with Gasteiger partial charge in [0.15, 0.2) is 0 Å². The molecule has 0 N–H and O–H groups in total. The third-order valence-electron chi connectivity index (χ3n) is 4.58. The minimum atomic E-state index is -0.715. The van der Waals surface area contributed by atoms with E-state index in [1.807, 2.05) is 0 Å². The molecule has 0 aliphatic carbocycles. The lowest BCUT2D eigenvalue weighted by atomic mass is 10.1. The summed E-state index contributed by atoms with van der Waals surface area (Å²) in [5.74, 6) is -1.95. The molecule has 1 heterocycles. The van der Waals surface area contributed by atoms with Gasteiger partial charge in [0.1, 0.15) is 23.1 Å². The summed E-state index contributed by atoms with van der Waals surface area (Å²) in [6.45, 7) is 1.71. The highest BCUT2D eigenvalue weighted by Gasteiger charge is 2.16. The number of benzene rings is 3. The van der Waals surface area contributed by atoms with Crippen LogP contribution in [-0.4, -0.2) is 9.78 Å². The van der Waals surface area contributed by atoms with Crippen molar-refractivity contribution < 1.29 is 13.2 Å². The molecule has 0 unspecified atom stereocenters. The second kappa shape index (κ2) is 6.96. The SMILES string of the molecule is Cc1ccc(-c2nn(Cc3ccc(F)cc3F)c3ccccc3c2=O)c(F)c1. The average Bonchev–Trinajstić information content (AvgIpc) is 2.66. The van der Waals surface area contributed by atoms with Crippen molar-refractivity contribution in [2.45, 2.75) is 13.5 Å². The molecule has 0 radical (unpaired) electrons. The van der Waals surface area contributed by atoms with Gasteiger partial charge in [0.05, 0.1) is 12.1 Å². The van der Waals surface area contributed by atoms with Crippen LogP contribution in [0.3, 0.4) is 0 Å². The third kappa shape index (κ3) is 3.17. The van der Waals surface area contributed by atoms with Gasteiger partial charge in [-0.1, -0.05) is 24.3 Å². The Morgan fingerprint density at radius 1 is 0.929 bits per heavy atom. The van der Waals surface area contributed by atoms with E-state index in [4.69, 9.17) is 0 Å². The Kier molecular flexibility index (Phi) is 4.47. The monoisotopic (exact) mass is 380 g/mol. The van der Waals surface area contributed by atoms with E-state index in [9.17, 15) is 18.0 Å². The van der Waals surface area contributed by atoms with E-state index in [1.165, 1.54) is 22.9 Å². The number of aromatic nitrogens is 2. The maximum Gasteiger partial charge on any atom is 0.216 e. The molecule has 0 spiro atoms. The van der Waals surface area contributed by atoms with Gasteiger partial charge in [-0.3, -0.25) is 9.48 Å². The average molecular weight is 380 g/mol. The normalized spacial score (nSPS) is 11.1. The van der Waals surface area contributed by atoms with Crippen LogP contribution in [0.5, 0.6) is 0 Å². The van der Waals surface area contributed by atoms with Gasteiger partial charge in [-0.25, -0.2) is 13.2 Å². The summed E-state index contributed by atoms with van der Waals surface area (Å²) < 4.78 is 43.3. The highest BCUT2D eigenvalue weighted by Crippen LogP contribution is 2.22. The molecule has 4 rings (SSSR count). The zero-order valence-corrected chi connectivity index (χ0v) is 14.9. The van der Waals surface area contributed by atoms with E-state index in [0.29, 0.717) is 10.9 Å². The second-order valence-electron chi connectivity index (χ2n) is 6.57. The summed E-state index contributed by atoms with van der Waals surface area (Å²) in [6, 6.07) is 14.5. The van der Waals surface area contributed by atoms with Gasteiger partial charge in [-0.2, -0.15) is 5.10 Å². The molecule has 3 nitrogen and oxygen atoms in total. The van der Waals surface area contributed by atoms with E-state index in [1.54, 1.807) is 37.3 Å². The summed E-state index contributed by atoms with van der Waals surface area (Å²) in [5.41, 5.74) is 1.02. The first kappa shape index (κ1) is 18.0. The van der Waals surface area contributed by atoms with Crippen molar-refractivity contribution in [1.29, 1.82) is 0 Å². The van der Waals surface area contributed by atoms with Gasteiger partial charge in [0.25, 0.3) is 0 Å². The lowest BCUT2D eigenvalue weighted by molar-refractivity contribution is 0.560. The molecular formula is C22H15F3N2O. The molecule has 0 bridgehead atoms. The maximum absolute atomic E-state index is 14.5. The number of halogens is 3. The van der Waals surface area contributed by atoms with Crippen molar-refractivity contribution >= 4 is 10.9 Å². The first-order valence-corrected chi connectivity index (χ1v) is 8.64. The maximum atomic E-state index is 14.5. The lowest BCUT2D eigenvalue weighted by Gasteiger charge is -2.13. The molecule has 0 aliphatic rings. The summed E-state index contributed by atoms with van der Waals surface area (Å²) in [7, 11) is 0. The van der Waals surface area contributed by atoms with Crippen molar-refractivity contribution in [1.82, 2.24) is 9.78 Å². The van der Waals surface area contributed by atoms with Crippen LogP contribution in [0.4, 0.5) is 13.2 Å². The van der Waals surface area contributed by atoms with Crippen molar-refractivity contribution in [3.8, 4) is 11.3 Å². The van der Waals surface area contributed by atoms with E-state index in [2.05, 4.69) is 5.10 Å². The Hall–Kier alpha value is -3.41. The van der Waals surface area contributed by atoms with Gasteiger partial charge in [0, 0.05) is 22.6 Å². The number of hydrogen-bond acceptors (Lipinski definition) is 2. The quantitative estimate of drug-likeness (QED) is 0.510. The molecule has 0 aliphatic heterocycles. The molecule has 0 atom stereocenters. The van der Waals surface area contributed by atoms with Crippen LogP contribution >= 0.6 is 0 Å². The summed E-state index contributed by atoms with van der Waals surface area (Å²) >= 11 is 0. The highest BCUT2D eigenvalue weighted by molar-refractivity contribution is 5.82. The zero-order valence-electron chi connectivity index (χ0n) is 14.9. The first-order chi connectivity index (χ1) is 13.4. The Labute approximate surface area is 158 Å². The van der Waals surface area contributed by atoms with Crippen molar-refractivity contribution in [3.63, 3.8) is 0 Å². The fraction of sp³-hybridized carbons (Fsp3) is 0.0909. The molecule has 4 aromatic rings. The van der Waals surface area contributed by atoms with Crippen LogP contribution in [0.2, 0.25) is 0 Å². The molecule has 0 saturated carbocycles. The fourth-order valence-corrected chi connectivity index (χ4v) is 3.16. The number of aryl methyl sites for hydroxylation is 1. The Bertz CT molecular complexity index is 1260. The predicted octanol–water partition coefficient (Wildman–Crippen LogP) is 4.84. The molecule has 0 fully saturated rings. The van der Waals surface area contributed by atoms with E-state index < -0.39 is 22.9 Å². The molecule has 140 valence electrons. The van der Waals surface area contributed by atoms with E-state index >= 15 is 0 Å². The summed E-state index contributed by atoms with van der Waals surface area (Å²) in [5, 5.41) is 4.67. The third-order valence-corrected chi connectivity index (χ3v) is 4.58. The molecule has 28 heavy (non-hydrogen) atoms. The van der Waals surface area contributed by atoms with Gasteiger partial charge >= 0.3 is 0 Å². The Morgan fingerprint density at radius 2 is 1.71 bits per heavy atom. The van der Waals surface area contributed by atoms with Crippen LogP contribution in [0, 0.1) is 24.4 Å². The summed E-state index contributed by atoms with van der Waals surface area (Å²) in [4.78, 5) is 12.9. The second-order valence-corrected chi connectivity index (χ2v) is 6.57. The number of nitrogens with zero attached hydrogens (tertiary/aromatic N) is 2. The van der Waals surface area contributed by atoms with Crippen molar-refractivity contribution in [3.05, 3.63) is 99.5 Å². The number of rotatable bonds is 3. The van der Waals surface area contributed by atoms with Crippen LogP contribution < -0.4 is 5.43 Å². The van der Waals surface area contributed by atoms with E-state index in [0.717, 1.165) is 17.7 Å². The minimum absolute atomic E-state index is 0.0343. The van der Waals surface area contributed by atoms with Gasteiger partial charge in [-0.15, -0.1) is 0 Å². The molecule has 3 aromatic carbocycles. The van der Waals surface area contributed by atoms with E-state index in [-0.39, 0.29) is 23.4 Å². The molecule has 0 saturated heterocycles. The van der Waals surface area contributed by atoms with Crippen molar-refractivity contribution in [2.24, 2.45) is 0 Å². The number of hydrogen-bond donors (Lipinski definition) is 0. The Morgan fingerprint density at radius 3 is 2.46 bits per heavy atom. The Balaban J connectivity index is 1.95.